The summed E-state index contributed by atoms with van der Waals surface area (Å²) < 4.78 is 10.9. The van der Waals surface area contributed by atoms with Gasteiger partial charge in [-0.2, -0.15) is 0 Å². The Hall–Kier alpha value is -2.49. The third kappa shape index (κ3) is 5.06. The summed E-state index contributed by atoms with van der Waals surface area (Å²) in [6, 6.07) is 14.3. The van der Waals surface area contributed by atoms with Gasteiger partial charge in [-0.05, 0) is 79.5 Å². The molecule has 2 aromatic carbocycles. The second kappa shape index (κ2) is 9.13. The number of aryl methyl sites for hydroxylation is 1. The maximum Gasteiger partial charge on any atom is 0.310 e. The predicted octanol–water partition coefficient (Wildman–Crippen LogP) is 4.88. The molecule has 28 heavy (non-hydrogen) atoms. The molecule has 0 aromatic heterocycles. The molecule has 2 aromatic rings. The van der Waals surface area contributed by atoms with E-state index in [1.54, 1.807) is 7.11 Å². The van der Waals surface area contributed by atoms with Gasteiger partial charge in [-0.15, -0.1) is 0 Å². The van der Waals surface area contributed by atoms with Crippen molar-refractivity contribution in [3.63, 3.8) is 0 Å². The van der Waals surface area contributed by atoms with Crippen LogP contribution >= 0.6 is 0 Å². The van der Waals surface area contributed by atoms with Crippen molar-refractivity contribution in [3.8, 4) is 5.75 Å². The Morgan fingerprint density at radius 2 is 1.71 bits per heavy atom. The zero-order valence-corrected chi connectivity index (χ0v) is 17.4. The van der Waals surface area contributed by atoms with Crippen molar-refractivity contribution in [3.05, 3.63) is 59.2 Å². The first kappa shape index (κ1) is 20.2. The van der Waals surface area contributed by atoms with Gasteiger partial charge in [0.2, 0.25) is 0 Å². The minimum atomic E-state index is -0.139. The Balaban J connectivity index is 1.50. The number of hydrogen-bond acceptors (Lipinski definition) is 4. The molecule has 0 atom stereocenters. The molecule has 0 saturated heterocycles. The molecule has 1 saturated carbocycles. The van der Waals surface area contributed by atoms with E-state index in [0.29, 0.717) is 12.3 Å². The van der Waals surface area contributed by atoms with Crippen molar-refractivity contribution in [2.24, 2.45) is 0 Å². The van der Waals surface area contributed by atoms with Gasteiger partial charge >= 0.3 is 5.97 Å². The van der Waals surface area contributed by atoms with Gasteiger partial charge in [0.25, 0.3) is 0 Å². The van der Waals surface area contributed by atoms with E-state index in [4.69, 9.17) is 9.47 Å². The van der Waals surface area contributed by atoms with Crippen LogP contribution in [0.1, 0.15) is 48.3 Å². The topological polar surface area (TPSA) is 38.8 Å². The first-order valence-electron chi connectivity index (χ1n) is 10.1. The van der Waals surface area contributed by atoms with Gasteiger partial charge in [0.15, 0.2) is 0 Å². The summed E-state index contributed by atoms with van der Waals surface area (Å²) >= 11 is 0. The quantitative estimate of drug-likeness (QED) is 0.669. The van der Waals surface area contributed by atoms with E-state index < -0.39 is 0 Å². The standard InChI is InChI=1S/C24H31NO3/c1-17-15-20(25(2)3)9-14-23(17)19-7-12-22(13-8-19)28-24(26)16-18-5-10-21(27-4)11-6-18/h5-6,9-11,14-15,19,22H,7-8,12-13,16H2,1-4H3. The lowest BCUT2D eigenvalue weighted by Gasteiger charge is -2.30. The Labute approximate surface area is 168 Å². The minimum absolute atomic E-state index is 0.0448. The van der Waals surface area contributed by atoms with Gasteiger partial charge in [-0.3, -0.25) is 4.79 Å². The molecule has 0 aliphatic heterocycles. The third-order valence-corrected chi connectivity index (χ3v) is 5.69. The van der Waals surface area contributed by atoms with E-state index in [2.05, 4.69) is 44.1 Å². The summed E-state index contributed by atoms with van der Waals surface area (Å²) in [7, 11) is 5.78. The van der Waals surface area contributed by atoms with Crippen LogP contribution in [0.3, 0.4) is 0 Å². The van der Waals surface area contributed by atoms with Gasteiger partial charge in [-0.25, -0.2) is 0 Å². The molecule has 4 nitrogen and oxygen atoms in total. The van der Waals surface area contributed by atoms with Crippen molar-refractivity contribution in [1.82, 2.24) is 0 Å². The van der Waals surface area contributed by atoms with Crippen LogP contribution < -0.4 is 9.64 Å². The summed E-state index contributed by atoms with van der Waals surface area (Å²) in [6.45, 7) is 2.20. The van der Waals surface area contributed by atoms with E-state index in [9.17, 15) is 4.79 Å². The number of carbonyl (C=O) groups is 1. The maximum absolute atomic E-state index is 12.3. The number of benzene rings is 2. The van der Waals surface area contributed by atoms with Crippen LogP contribution in [0.25, 0.3) is 0 Å². The van der Waals surface area contributed by atoms with Gasteiger partial charge in [-0.1, -0.05) is 18.2 Å². The van der Waals surface area contributed by atoms with E-state index in [1.165, 1.54) is 16.8 Å². The molecule has 1 aliphatic carbocycles. The number of anilines is 1. The molecule has 0 heterocycles. The summed E-state index contributed by atoms with van der Waals surface area (Å²) in [6.07, 6.45) is 4.38. The van der Waals surface area contributed by atoms with E-state index in [0.717, 1.165) is 37.0 Å². The number of methoxy groups -OCH3 is 1. The van der Waals surface area contributed by atoms with Crippen LogP contribution in [0.2, 0.25) is 0 Å². The van der Waals surface area contributed by atoms with Gasteiger partial charge in [0.1, 0.15) is 11.9 Å². The highest BCUT2D eigenvalue weighted by atomic mass is 16.5. The van der Waals surface area contributed by atoms with Crippen LogP contribution in [-0.2, 0) is 16.0 Å². The van der Waals surface area contributed by atoms with Crippen LogP contribution in [0.4, 0.5) is 5.69 Å². The van der Waals surface area contributed by atoms with E-state index in [-0.39, 0.29) is 12.1 Å². The Bertz CT molecular complexity index is 790. The first-order chi connectivity index (χ1) is 13.5. The average Bonchev–Trinajstić information content (AvgIpc) is 2.69. The molecule has 150 valence electrons. The third-order valence-electron chi connectivity index (χ3n) is 5.69. The molecule has 4 heteroatoms. The highest BCUT2D eigenvalue weighted by Crippen LogP contribution is 2.36. The molecule has 0 bridgehead atoms. The molecule has 1 aliphatic rings. The number of hydrogen-bond donors (Lipinski definition) is 0. The second-order valence-electron chi connectivity index (χ2n) is 7.92. The fourth-order valence-corrected chi connectivity index (χ4v) is 4.03. The molecule has 0 amide bonds. The smallest absolute Gasteiger partial charge is 0.310 e. The lowest BCUT2D eigenvalue weighted by atomic mass is 9.81. The number of carbonyl (C=O) groups excluding carboxylic acids is 1. The van der Waals surface area contributed by atoms with Crippen LogP contribution in [0, 0.1) is 6.92 Å². The summed E-state index contributed by atoms with van der Waals surface area (Å²) in [4.78, 5) is 14.4. The minimum Gasteiger partial charge on any atom is -0.497 e. The van der Waals surface area contributed by atoms with Crippen LogP contribution in [0.5, 0.6) is 5.75 Å². The van der Waals surface area contributed by atoms with Crippen molar-refractivity contribution in [1.29, 1.82) is 0 Å². The average molecular weight is 382 g/mol. The summed E-state index contributed by atoms with van der Waals surface area (Å²) in [5, 5.41) is 0. The van der Waals surface area contributed by atoms with Crippen molar-refractivity contribution < 1.29 is 14.3 Å². The monoisotopic (exact) mass is 381 g/mol. The van der Waals surface area contributed by atoms with Gasteiger partial charge in [0, 0.05) is 19.8 Å². The van der Waals surface area contributed by atoms with Crippen molar-refractivity contribution in [2.75, 3.05) is 26.1 Å². The van der Waals surface area contributed by atoms with Crippen molar-refractivity contribution >= 4 is 11.7 Å². The molecule has 0 N–H and O–H groups in total. The number of ether oxygens (including phenoxy) is 2. The number of rotatable bonds is 6. The predicted molar refractivity (Wildman–Crippen MR) is 113 cm³/mol. The largest absolute Gasteiger partial charge is 0.497 e. The lowest BCUT2D eigenvalue weighted by molar-refractivity contribution is -0.149. The first-order valence-corrected chi connectivity index (χ1v) is 10.1. The maximum atomic E-state index is 12.3. The molecular formula is C24H31NO3. The van der Waals surface area contributed by atoms with E-state index >= 15 is 0 Å². The molecular weight excluding hydrogens is 350 g/mol. The number of esters is 1. The second-order valence-corrected chi connectivity index (χ2v) is 7.92. The molecule has 0 unspecified atom stereocenters. The normalized spacial score (nSPS) is 19.1. The highest BCUT2D eigenvalue weighted by Gasteiger charge is 2.26. The van der Waals surface area contributed by atoms with Crippen molar-refractivity contribution in [2.45, 2.75) is 51.0 Å². The lowest BCUT2D eigenvalue weighted by Crippen LogP contribution is -2.25. The van der Waals surface area contributed by atoms with Crippen LogP contribution in [0.15, 0.2) is 42.5 Å². The number of nitrogens with zero attached hydrogens (tertiary/aromatic N) is 1. The van der Waals surface area contributed by atoms with Gasteiger partial charge < -0.3 is 14.4 Å². The Morgan fingerprint density at radius 1 is 1.04 bits per heavy atom. The molecule has 1 fully saturated rings. The zero-order valence-electron chi connectivity index (χ0n) is 17.4. The van der Waals surface area contributed by atoms with E-state index in [1.807, 2.05) is 24.3 Å². The fourth-order valence-electron chi connectivity index (χ4n) is 4.03. The van der Waals surface area contributed by atoms with Crippen LogP contribution in [-0.4, -0.2) is 33.3 Å². The zero-order chi connectivity index (χ0) is 20.1. The summed E-state index contributed by atoms with van der Waals surface area (Å²) in [5.74, 6) is 1.22. The Morgan fingerprint density at radius 3 is 2.29 bits per heavy atom. The molecule has 3 rings (SSSR count). The van der Waals surface area contributed by atoms with Gasteiger partial charge in [0.05, 0.1) is 13.5 Å². The highest BCUT2D eigenvalue weighted by molar-refractivity contribution is 5.72. The summed E-state index contributed by atoms with van der Waals surface area (Å²) in [5.41, 5.74) is 4.98. The Kier molecular flexibility index (Phi) is 6.61. The fraction of sp³-hybridized carbons (Fsp3) is 0.458. The molecule has 0 radical (unpaired) electrons. The molecule has 0 spiro atoms. The SMILES string of the molecule is COc1ccc(CC(=O)OC2CCC(c3ccc(N(C)C)cc3C)CC2)cc1.